The van der Waals surface area contributed by atoms with Gasteiger partial charge in [0.1, 0.15) is 0 Å². The lowest BCUT2D eigenvalue weighted by Crippen LogP contribution is -2.36. The van der Waals surface area contributed by atoms with E-state index in [1.165, 1.54) is 24.3 Å². The molecule has 0 fully saturated rings. The summed E-state index contributed by atoms with van der Waals surface area (Å²) < 4.78 is 47.7. The molecule has 0 aromatic heterocycles. The highest BCUT2D eigenvalue weighted by atomic mass is 32.2. The van der Waals surface area contributed by atoms with E-state index in [-0.39, 0.29) is 12.6 Å². The van der Waals surface area contributed by atoms with Crippen molar-refractivity contribution in [2.24, 2.45) is 0 Å². The van der Waals surface area contributed by atoms with Crippen LogP contribution in [0.5, 0.6) is 0 Å². The Kier molecular flexibility index (Phi) is 6.54. The van der Waals surface area contributed by atoms with Crippen molar-refractivity contribution in [3.05, 3.63) is 24.3 Å². The number of hydrogen-bond acceptors (Lipinski definition) is 4. The highest BCUT2D eigenvalue weighted by Crippen LogP contribution is 2.24. The van der Waals surface area contributed by atoms with Crippen LogP contribution in [0.25, 0.3) is 0 Å². The second kappa shape index (κ2) is 7.70. The highest BCUT2D eigenvalue weighted by molar-refractivity contribution is 7.91. The number of nitrogens with zero attached hydrogens (tertiary/aromatic N) is 1. The second-order valence-electron chi connectivity index (χ2n) is 4.69. The maximum atomic E-state index is 12.5. The van der Waals surface area contributed by atoms with Crippen LogP contribution in [-0.4, -0.2) is 38.5 Å². The Bertz CT molecular complexity index is 528. The summed E-state index contributed by atoms with van der Waals surface area (Å²) in [5.41, 5.74) is 0.714. The van der Waals surface area contributed by atoms with E-state index >= 15 is 0 Å². The number of aliphatic hydroxyl groups excluding tert-OH is 1. The molecule has 0 aliphatic rings. The molecular weight excluding hydrogens is 300 g/mol. The number of alkyl halides is 2. The summed E-state index contributed by atoms with van der Waals surface area (Å²) in [5.74, 6) is -3.42. The predicted octanol–water partition coefficient (Wildman–Crippen LogP) is 2.67. The zero-order chi connectivity index (χ0) is 16.0. The first-order valence-corrected chi connectivity index (χ1v) is 8.42. The predicted molar refractivity (Wildman–Crippen MR) is 78.4 cm³/mol. The summed E-state index contributed by atoms with van der Waals surface area (Å²) in [6.07, 6.45) is 1.74. The fourth-order valence-corrected chi connectivity index (χ4v) is 3.01. The molecular formula is C14H21F2NO3S. The minimum Gasteiger partial charge on any atom is -0.395 e. The van der Waals surface area contributed by atoms with Crippen LogP contribution >= 0.6 is 0 Å². The lowest BCUT2D eigenvalue weighted by Gasteiger charge is -2.32. The molecule has 0 saturated heterocycles. The van der Waals surface area contributed by atoms with Crippen LogP contribution in [0, 0.1) is 0 Å². The topological polar surface area (TPSA) is 57.6 Å². The van der Waals surface area contributed by atoms with E-state index in [2.05, 4.69) is 0 Å². The van der Waals surface area contributed by atoms with Crippen LogP contribution < -0.4 is 4.90 Å². The molecule has 4 nitrogen and oxygen atoms in total. The van der Waals surface area contributed by atoms with Gasteiger partial charge in [0.15, 0.2) is 0 Å². The van der Waals surface area contributed by atoms with Crippen molar-refractivity contribution >= 4 is 15.5 Å². The Hall–Kier alpha value is -1.21. The van der Waals surface area contributed by atoms with E-state index in [4.69, 9.17) is 5.11 Å². The summed E-state index contributed by atoms with van der Waals surface area (Å²) in [5, 5.41) is 9.16. The first kappa shape index (κ1) is 17.8. The minimum absolute atomic E-state index is 0.0341. The van der Waals surface area contributed by atoms with Crippen molar-refractivity contribution in [3.63, 3.8) is 0 Å². The Morgan fingerprint density at radius 2 is 1.67 bits per heavy atom. The van der Waals surface area contributed by atoms with Crippen LogP contribution in [0.4, 0.5) is 14.5 Å². The van der Waals surface area contributed by atoms with Gasteiger partial charge in [-0.05, 0) is 37.1 Å². The third-order valence-electron chi connectivity index (χ3n) is 3.46. The summed E-state index contributed by atoms with van der Waals surface area (Å²) in [6, 6.07) is 5.58. The standard InChI is InChI=1S/C14H21F2NO3S/c1-3-11(4-2)17(9-10-18)12-5-7-13(8-6-12)21(19,20)14(15)16/h5-8,11,14,18H,3-4,9-10H2,1-2H3. The average molecular weight is 321 g/mol. The van der Waals surface area contributed by atoms with Gasteiger partial charge in [-0.3, -0.25) is 0 Å². The SMILES string of the molecule is CCC(CC)N(CCO)c1ccc(S(=O)(=O)C(F)F)cc1. The molecule has 0 radical (unpaired) electrons. The van der Waals surface area contributed by atoms with Gasteiger partial charge >= 0.3 is 5.76 Å². The normalized spacial score (nSPS) is 12.1. The average Bonchev–Trinajstić information content (AvgIpc) is 2.47. The van der Waals surface area contributed by atoms with Crippen molar-refractivity contribution in [1.29, 1.82) is 0 Å². The van der Waals surface area contributed by atoms with Gasteiger partial charge in [0.05, 0.1) is 11.5 Å². The van der Waals surface area contributed by atoms with Crippen LogP contribution in [-0.2, 0) is 9.84 Å². The van der Waals surface area contributed by atoms with E-state index in [9.17, 15) is 17.2 Å². The molecule has 0 amide bonds. The van der Waals surface area contributed by atoms with Crippen LogP contribution in [0.3, 0.4) is 0 Å². The smallest absolute Gasteiger partial charge is 0.341 e. The molecule has 1 rings (SSSR count). The van der Waals surface area contributed by atoms with Gasteiger partial charge in [-0.1, -0.05) is 13.8 Å². The zero-order valence-corrected chi connectivity index (χ0v) is 13.0. The van der Waals surface area contributed by atoms with Crippen LogP contribution in [0.1, 0.15) is 26.7 Å². The molecule has 1 N–H and O–H groups in total. The first-order chi connectivity index (χ1) is 9.88. The minimum atomic E-state index is -4.56. The molecule has 0 spiro atoms. The first-order valence-electron chi connectivity index (χ1n) is 6.88. The van der Waals surface area contributed by atoms with E-state index in [0.29, 0.717) is 12.2 Å². The van der Waals surface area contributed by atoms with Crippen LogP contribution in [0.2, 0.25) is 0 Å². The monoisotopic (exact) mass is 321 g/mol. The number of rotatable bonds is 8. The van der Waals surface area contributed by atoms with Crippen molar-refractivity contribution in [3.8, 4) is 0 Å². The molecule has 1 aromatic rings. The molecule has 0 unspecified atom stereocenters. The number of anilines is 1. The van der Waals surface area contributed by atoms with Gasteiger partial charge in [0, 0.05) is 18.3 Å². The molecule has 0 aliphatic carbocycles. The lowest BCUT2D eigenvalue weighted by atomic mass is 10.1. The third kappa shape index (κ3) is 4.14. The lowest BCUT2D eigenvalue weighted by molar-refractivity contribution is 0.234. The van der Waals surface area contributed by atoms with Gasteiger partial charge in [-0.2, -0.15) is 8.78 Å². The fraction of sp³-hybridized carbons (Fsp3) is 0.571. The Balaban J connectivity index is 3.09. The largest absolute Gasteiger partial charge is 0.395 e. The summed E-state index contributed by atoms with van der Waals surface area (Å²) >= 11 is 0. The number of hydrogen-bond donors (Lipinski definition) is 1. The molecule has 0 bridgehead atoms. The molecule has 0 heterocycles. The Morgan fingerprint density at radius 1 is 1.14 bits per heavy atom. The van der Waals surface area contributed by atoms with E-state index in [1.54, 1.807) is 0 Å². The summed E-state index contributed by atoms with van der Waals surface area (Å²) in [6.45, 7) is 4.42. The zero-order valence-electron chi connectivity index (χ0n) is 12.2. The van der Waals surface area contributed by atoms with E-state index in [0.717, 1.165) is 12.8 Å². The number of aliphatic hydroxyl groups is 1. The van der Waals surface area contributed by atoms with Crippen LogP contribution in [0.15, 0.2) is 29.2 Å². The number of sulfone groups is 1. The van der Waals surface area contributed by atoms with Gasteiger partial charge in [0.25, 0.3) is 0 Å². The number of halogens is 2. The molecule has 21 heavy (non-hydrogen) atoms. The molecule has 7 heteroatoms. The van der Waals surface area contributed by atoms with Crippen molar-refractivity contribution in [2.45, 2.75) is 43.4 Å². The van der Waals surface area contributed by atoms with Crippen molar-refractivity contribution < 1.29 is 22.3 Å². The third-order valence-corrected chi connectivity index (χ3v) is 4.85. The Morgan fingerprint density at radius 3 is 2.05 bits per heavy atom. The van der Waals surface area contributed by atoms with Crippen molar-refractivity contribution in [2.75, 3.05) is 18.1 Å². The quantitative estimate of drug-likeness (QED) is 0.800. The molecule has 0 atom stereocenters. The van der Waals surface area contributed by atoms with E-state index < -0.39 is 20.5 Å². The summed E-state index contributed by atoms with van der Waals surface area (Å²) in [4.78, 5) is 1.56. The second-order valence-corrected chi connectivity index (χ2v) is 6.60. The summed E-state index contributed by atoms with van der Waals surface area (Å²) in [7, 11) is -4.56. The Labute approximate surface area is 124 Å². The molecule has 120 valence electrons. The van der Waals surface area contributed by atoms with Gasteiger partial charge in [-0.25, -0.2) is 8.42 Å². The van der Waals surface area contributed by atoms with Gasteiger partial charge in [-0.15, -0.1) is 0 Å². The molecule has 0 saturated carbocycles. The highest BCUT2D eigenvalue weighted by Gasteiger charge is 2.26. The maximum Gasteiger partial charge on any atom is 0.341 e. The molecule has 0 aliphatic heterocycles. The number of benzene rings is 1. The molecule has 1 aromatic carbocycles. The fourth-order valence-electron chi connectivity index (χ4n) is 2.29. The van der Waals surface area contributed by atoms with Gasteiger partial charge in [0.2, 0.25) is 9.84 Å². The maximum absolute atomic E-state index is 12.5. The van der Waals surface area contributed by atoms with Crippen molar-refractivity contribution in [1.82, 2.24) is 0 Å². The van der Waals surface area contributed by atoms with Gasteiger partial charge < -0.3 is 10.0 Å². The van der Waals surface area contributed by atoms with E-state index in [1.807, 2.05) is 18.7 Å².